The van der Waals surface area contributed by atoms with Crippen molar-refractivity contribution in [1.82, 2.24) is 4.90 Å². The summed E-state index contributed by atoms with van der Waals surface area (Å²) >= 11 is 1.30. The maximum Gasteiger partial charge on any atom is 0.306 e. The first-order chi connectivity index (χ1) is 20.4. The molecule has 0 bridgehead atoms. The van der Waals surface area contributed by atoms with Crippen molar-refractivity contribution in [2.24, 2.45) is 0 Å². The van der Waals surface area contributed by atoms with E-state index in [1.54, 1.807) is 48.5 Å². The second kappa shape index (κ2) is 13.0. The van der Waals surface area contributed by atoms with Gasteiger partial charge in [-0.05, 0) is 98.2 Å². The van der Waals surface area contributed by atoms with Crippen molar-refractivity contribution >= 4 is 47.4 Å². The monoisotopic (exact) mass is 643 g/mol. The van der Waals surface area contributed by atoms with Gasteiger partial charge in [0.25, 0.3) is 0 Å². The fraction of sp³-hybridized carbons (Fsp3) is 0.323. The molecule has 1 aromatic heterocycles. The van der Waals surface area contributed by atoms with Crippen LogP contribution >= 0.6 is 11.3 Å². The van der Waals surface area contributed by atoms with Gasteiger partial charge in [0.05, 0.1) is 12.5 Å². The average Bonchev–Trinajstić information content (AvgIpc) is 3.11. The van der Waals surface area contributed by atoms with Crippen LogP contribution in [0.25, 0.3) is 20.5 Å². The summed E-state index contributed by atoms with van der Waals surface area (Å²) in [5, 5.41) is 0.639. The molecule has 0 amide bonds. The van der Waals surface area contributed by atoms with E-state index in [9.17, 15) is 21.6 Å². The molecule has 43 heavy (non-hydrogen) atoms. The van der Waals surface area contributed by atoms with Crippen molar-refractivity contribution < 1.29 is 34.7 Å². The molecule has 0 unspecified atom stereocenters. The largest absolute Gasteiger partial charge is 0.492 e. The van der Waals surface area contributed by atoms with Gasteiger partial charge in [-0.15, -0.1) is 11.3 Å². The first-order valence-electron chi connectivity index (χ1n) is 13.9. The van der Waals surface area contributed by atoms with Crippen LogP contribution in [0, 0.1) is 0 Å². The number of nitrogens with zero attached hydrogens (tertiary/aromatic N) is 1. The fourth-order valence-electron chi connectivity index (χ4n) is 5.07. The zero-order valence-electron chi connectivity index (χ0n) is 23.9. The molecule has 0 saturated carbocycles. The Labute approximate surface area is 256 Å². The van der Waals surface area contributed by atoms with Gasteiger partial charge >= 0.3 is 20.2 Å². The number of hydrogen-bond donors (Lipinski definition) is 0. The van der Waals surface area contributed by atoms with Crippen LogP contribution < -0.4 is 13.1 Å². The molecule has 228 valence electrons. The van der Waals surface area contributed by atoms with E-state index < -0.39 is 20.2 Å². The summed E-state index contributed by atoms with van der Waals surface area (Å²) in [7, 11) is -7.44. The maximum atomic E-state index is 14.0. The van der Waals surface area contributed by atoms with Crippen LogP contribution in [0.15, 0.2) is 66.7 Å². The van der Waals surface area contributed by atoms with E-state index in [1.165, 1.54) is 55.2 Å². The van der Waals surface area contributed by atoms with Gasteiger partial charge in [0.15, 0.2) is 5.78 Å². The van der Waals surface area contributed by atoms with Gasteiger partial charge in [-0.25, -0.2) is 0 Å². The number of ketones is 1. The predicted molar refractivity (Wildman–Crippen MR) is 168 cm³/mol. The molecule has 12 heteroatoms. The number of ether oxygens (including phenoxy) is 1. The van der Waals surface area contributed by atoms with Crippen molar-refractivity contribution in [2.75, 3.05) is 38.8 Å². The Bertz CT molecular complexity index is 1810. The molecular weight excluding hydrogens is 611 g/mol. The van der Waals surface area contributed by atoms with Crippen LogP contribution in [0.1, 0.15) is 41.6 Å². The standard InChI is InChI=1S/C31H33NO8S3/c1-42(34,35)39-25-13-9-23(10-14-25)31-29(27-16-15-26(21-28(27)41-31)40-43(2,36)37)30(33)22-7-11-24(12-8-22)38-20-19-32-17-5-3-4-6-18-32/h7-16,21H,3-6,17-20H2,1-2H3. The fourth-order valence-corrected chi connectivity index (χ4v) is 7.22. The summed E-state index contributed by atoms with van der Waals surface area (Å²) in [5.41, 5.74) is 1.58. The third-order valence-electron chi connectivity index (χ3n) is 6.99. The summed E-state index contributed by atoms with van der Waals surface area (Å²) < 4.78 is 63.1. The molecule has 2 heterocycles. The first kappa shape index (κ1) is 31.0. The van der Waals surface area contributed by atoms with Gasteiger partial charge < -0.3 is 13.1 Å². The first-order valence-corrected chi connectivity index (χ1v) is 18.4. The number of benzene rings is 3. The zero-order chi connectivity index (χ0) is 30.6. The van der Waals surface area contributed by atoms with Crippen molar-refractivity contribution in [3.05, 3.63) is 77.9 Å². The summed E-state index contributed by atoms with van der Waals surface area (Å²) in [6, 6.07) is 18.2. The second-order valence-corrected chi connectivity index (χ2v) is 14.7. The Kier molecular flexibility index (Phi) is 9.40. The molecule has 0 N–H and O–H groups in total. The molecule has 3 aromatic carbocycles. The number of fused-ring (bicyclic) bond motifs is 1. The van der Waals surface area contributed by atoms with Gasteiger partial charge in [0.2, 0.25) is 0 Å². The molecular formula is C31H33NO8S3. The van der Waals surface area contributed by atoms with Crippen molar-refractivity contribution in [3.8, 4) is 27.7 Å². The zero-order valence-corrected chi connectivity index (χ0v) is 26.4. The maximum absolute atomic E-state index is 14.0. The summed E-state index contributed by atoms with van der Waals surface area (Å²) in [6.07, 6.45) is 6.95. The van der Waals surface area contributed by atoms with Gasteiger partial charge in [-0.2, -0.15) is 16.8 Å². The summed E-state index contributed by atoms with van der Waals surface area (Å²) in [6.45, 7) is 3.64. The summed E-state index contributed by atoms with van der Waals surface area (Å²) in [4.78, 5) is 17.0. The van der Waals surface area contributed by atoms with Gasteiger partial charge in [0, 0.05) is 32.6 Å². The van der Waals surface area contributed by atoms with E-state index in [1.807, 2.05) is 0 Å². The Hall–Kier alpha value is -3.45. The van der Waals surface area contributed by atoms with E-state index in [0.717, 1.165) is 32.1 Å². The molecule has 0 spiro atoms. The number of thiophene rings is 1. The Morgan fingerprint density at radius 3 is 1.98 bits per heavy atom. The molecule has 1 aliphatic rings. The van der Waals surface area contributed by atoms with Gasteiger partial charge in [-0.3, -0.25) is 9.69 Å². The number of carbonyl (C=O) groups is 1. The highest BCUT2D eigenvalue weighted by Crippen LogP contribution is 2.42. The SMILES string of the molecule is CS(=O)(=O)Oc1ccc(-c2sc3cc(OS(C)(=O)=O)ccc3c2C(=O)c2ccc(OCCN3CCCCCC3)cc2)cc1. The minimum Gasteiger partial charge on any atom is -0.492 e. The number of hydrogen-bond acceptors (Lipinski definition) is 10. The topological polar surface area (TPSA) is 116 Å². The minimum atomic E-state index is -3.74. The molecule has 0 aliphatic carbocycles. The van der Waals surface area contributed by atoms with Crippen LogP contribution in [0.4, 0.5) is 0 Å². The van der Waals surface area contributed by atoms with E-state index in [-0.39, 0.29) is 17.3 Å². The highest BCUT2D eigenvalue weighted by Gasteiger charge is 2.23. The lowest BCUT2D eigenvalue weighted by molar-refractivity contribution is 0.104. The predicted octanol–water partition coefficient (Wildman–Crippen LogP) is 5.73. The molecule has 1 aliphatic heterocycles. The highest BCUT2D eigenvalue weighted by atomic mass is 32.2. The lowest BCUT2D eigenvalue weighted by Gasteiger charge is -2.19. The number of rotatable bonds is 11. The summed E-state index contributed by atoms with van der Waals surface area (Å²) in [5.74, 6) is 0.757. The number of likely N-dealkylation sites (tertiary alicyclic amines) is 1. The van der Waals surface area contributed by atoms with E-state index in [0.29, 0.717) is 44.0 Å². The van der Waals surface area contributed by atoms with E-state index in [4.69, 9.17) is 13.1 Å². The van der Waals surface area contributed by atoms with Crippen molar-refractivity contribution in [3.63, 3.8) is 0 Å². The van der Waals surface area contributed by atoms with Gasteiger partial charge in [-0.1, -0.05) is 12.8 Å². The second-order valence-electron chi connectivity index (χ2n) is 10.5. The molecule has 1 fully saturated rings. The smallest absolute Gasteiger partial charge is 0.306 e. The third kappa shape index (κ3) is 8.35. The highest BCUT2D eigenvalue weighted by molar-refractivity contribution is 7.86. The average molecular weight is 644 g/mol. The Morgan fingerprint density at radius 1 is 0.767 bits per heavy atom. The molecule has 5 rings (SSSR count). The van der Waals surface area contributed by atoms with Crippen LogP contribution in [0.5, 0.6) is 17.2 Å². The Morgan fingerprint density at radius 2 is 1.35 bits per heavy atom. The lowest BCUT2D eigenvalue weighted by atomic mass is 9.97. The molecule has 0 atom stereocenters. The normalized spacial score (nSPS) is 14.7. The van der Waals surface area contributed by atoms with Crippen LogP contribution in [-0.4, -0.2) is 66.3 Å². The lowest BCUT2D eigenvalue weighted by Crippen LogP contribution is -2.29. The molecule has 9 nitrogen and oxygen atoms in total. The molecule has 0 radical (unpaired) electrons. The Balaban J connectivity index is 1.42. The third-order valence-corrected chi connectivity index (χ3v) is 9.18. The van der Waals surface area contributed by atoms with Gasteiger partial charge in [0.1, 0.15) is 23.9 Å². The molecule has 4 aromatic rings. The minimum absolute atomic E-state index is 0.139. The van der Waals surface area contributed by atoms with E-state index in [2.05, 4.69) is 4.90 Å². The number of carbonyl (C=O) groups excluding carboxylic acids is 1. The van der Waals surface area contributed by atoms with Crippen molar-refractivity contribution in [1.29, 1.82) is 0 Å². The van der Waals surface area contributed by atoms with E-state index >= 15 is 0 Å². The van der Waals surface area contributed by atoms with Crippen LogP contribution in [0.3, 0.4) is 0 Å². The van der Waals surface area contributed by atoms with Crippen LogP contribution in [0.2, 0.25) is 0 Å². The van der Waals surface area contributed by atoms with Crippen molar-refractivity contribution in [2.45, 2.75) is 25.7 Å². The quantitative estimate of drug-likeness (QED) is 0.149. The molecule has 1 saturated heterocycles. The van der Waals surface area contributed by atoms with Crippen LogP contribution in [-0.2, 0) is 20.2 Å².